The molecule has 4 nitrogen and oxygen atoms in total. The van der Waals surface area contributed by atoms with E-state index < -0.39 is 6.10 Å². The van der Waals surface area contributed by atoms with Gasteiger partial charge in [0.1, 0.15) is 6.10 Å². The van der Waals surface area contributed by atoms with Gasteiger partial charge in [0.05, 0.1) is 11.9 Å². The average Bonchev–Trinajstić information content (AvgIpc) is 2.66. The maximum atomic E-state index is 9.94. The Hall–Kier alpha value is -1.68. The second-order valence-corrected chi connectivity index (χ2v) is 3.49. The van der Waals surface area contributed by atoms with Gasteiger partial charge in [0.15, 0.2) is 0 Å². The van der Waals surface area contributed by atoms with E-state index in [4.69, 9.17) is 0 Å². The molecule has 2 aromatic rings. The summed E-state index contributed by atoms with van der Waals surface area (Å²) in [6, 6.07) is 9.87. The van der Waals surface area contributed by atoms with E-state index >= 15 is 0 Å². The van der Waals surface area contributed by atoms with E-state index in [0.717, 1.165) is 11.3 Å². The second kappa shape index (κ2) is 4.23. The molecule has 4 heteroatoms. The third-order valence-corrected chi connectivity index (χ3v) is 2.36. The van der Waals surface area contributed by atoms with Gasteiger partial charge in [-0.3, -0.25) is 0 Å². The summed E-state index contributed by atoms with van der Waals surface area (Å²) in [4.78, 5) is 0. The molecule has 0 aliphatic rings. The maximum Gasteiger partial charge on any atom is 0.101 e. The molecule has 0 fully saturated rings. The Bertz CT molecular complexity index is 424. The fourth-order valence-corrected chi connectivity index (χ4v) is 1.54. The highest BCUT2D eigenvalue weighted by Crippen LogP contribution is 2.15. The van der Waals surface area contributed by atoms with Gasteiger partial charge in [0.25, 0.3) is 0 Å². The average molecular weight is 203 g/mol. The normalized spacial score (nSPS) is 12.7. The molecule has 1 heterocycles. The van der Waals surface area contributed by atoms with Crippen molar-refractivity contribution >= 4 is 0 Å². The van der Waals surface area contributed by atoms with Crippen molar-refractivity contribution in [1.82, 2.24) is 15.0 Å². The molecule has 1 aromatic carbocycles. The smallest absolute Gasteiger partial charge is 0.101 e. The number of aliphatic hydroxyl groups excluding tert-OH is 1. The molecule has 0 amide bonds. The predicted octanol–water partition coefficient (Wildman–Crippen LogP) is 1.09. The molecule has 0 spiro atoms. The van der Waals surface area contributed by atoms with Crippen LogP contribution in [0.4, 0.5) is 0 Å². The van der Waals surface area contributed by atoms with Gasteiger partial charge in [-0.1, -0.05) is 35.5 Å². The van der Waals surface area contributed by atoms with E-state index in [1.54, 1.807) is 17.9 Å². The van der Waals surface area contributed by atoms with Gasteiger partial charge in [0.2, 0.25) is 0 Å². The quantitative estimate of drug-likeness (QED) is 0.812. The lowest BCUT2D eigenvalue weighted by molar-refractivity contribution is 0.168. The van der Waals surface area contributed by atoms with Crippen molar-refractivity contribution in [3.05, 3.63) is 47.8 Å². The van der Waals surface area contributed by atoms with Crippen molar-refractivity contribution in [1.29, 1.82) is 0 Å². The Kier molecular flexibility index (Phi) is 2.78. The zero-order valence-electron chi connectivity index (χ0n) is 8.54. The van der Waals surface area contributed by atoms with Gasteiger partial charge < -0.3 is 5.11 Å². The number of aliphatic hydroxyl groups is 1. The van der Waals surface area contributed by atoms with Crippen molar-refractivity contribution < 1.29 is 5.11 Å². The van der Waals surface area contributed by atoms with Crippen LogP contribution in [0.25, 0.3) is 0 Å². The zero-order chi connectivity index (χ0) is 10.7. The lowest BCUT2D eigenvalue weighted by Gasteiger charge is -2.09. The summed E-state index contributed by atoms with van der Waals surface area (Å²) in [6.45, 7) is 0. The summed E-state index contributed by atoms with van der Waals surface area (Å²) in [7, 11) is 1.77. The van der Waals surface area contributed by atoms with Crippen LogP contribution >= 0.6 is 0 Å². The molecule has 0 radical (unpaired) electrons. The van der Waals surface area contributed by atoms with Gasteiger partial charge in [-0.05, 0) is 5.56 Å². The molecule has 0 bridgehead atoms. The van der Waals surface area contributed by atoms with Crippen LogP contribution in [0.1, 0.15) is 17.4 Å². The number of hydrogen-bond donors (Lipinski definition) is 1. The molecular formula is C11H13N3O. The number of aromatic nitrogens is 3. The third-order valence-electron chi connectivity index (χ3n) is 2.36. The van der Waals surface area contributed by atoms with Crippen LogP contribution < -0.4 is 0 Å². The van der Waals surface area contributed by atoms with E-state index in [2.05, 4.69) is 10.3 Å². The molecule has 0 aliphatic heterocycles. The Morgan fingerprint density at radius 2 is 2.07 bits per heavy atom. The minimum absolute atomic E-state index is 0.549. The van der Waals surface area contributed by atoms with Crippen molar-refractivity contribution in [2.24, 2.45) is 7.05 Å². The molecule has 1 N–H and O–H groups in total. The first-order valence-electron chi connectivity index (χ1n) is 4.84. The topological polar surface area (TPSA) is 50.9 Å². The molecule has 78 valence electrons. The standard InChI is InChI=1S/C11H13N3O/c1-14-10(8-12-13-14)11(15)7-9-5-3-2-4-6-9/h2-6,8,11,15H,7H2,1H3. The first-order valence-corrected chi connectivity index (χ1v) is 4.84. The monoisotopic (exact) mass is 203 g/mol. The summed E-state index contributed by atoms with van der Waals surface area (Å²) >= 11 is 0. The summed E-state index contributed by atoms with van der Waals surface area (Å²) in [6.07, 6.45) is 1.63. The lowest BCUT2D eigenvalue weighted by Crippen LogP contribution is -2.07. The van der Waals surface area contributed by atoms with Crippen LogP contribution in [0.3, 0.4) is 0 Å². The fraction of sp³-hybridized carbons (Fsp3) is 0.273. The molecular weight excluding hydrogens is 190 g/mol. The Morgan fingerprint density at radius 1 is 1.33 bits per heavy atom. The van der Waals surface area contributed by atoms with Crippen LogP contribution in [0, 0.1) is 0 Å². The van der Waals surface area contributed by atoms with Gasteiger partial charge in [-0.25, -0.2) is 4.68 Å². The van der Waals surface area contributed by atoms with Crippen LogP contribution in [0.2, 0.25) is 0 Å². The Labute approximate surface area is 88.2 Å². The molecule has 1 aromatic heterocycles. The summed E-state index contributed by atoms with van der Waals surface area (Å²) in [5, 5.41) is 17.5. The summed E-state index contributed by atoms with van der Waals surface area (Å²) in [5.74, 6) is 0. The SMILES string of the molecule is Cn1nncc1C(O)Cc1ccccc1. The van der Waals surface area contributed by atoms with Gasteiger partial charge in [0, 0.05) is 13.5 Å². The number of rotatable bonds is 3. The Morgan fingerprint density at radius 3 is 2.67 bits per heavy atom. The molecule has 0 aliphatic carbocycles. The number of aryl methyl sites for hydroxylation is 1. The molecule has 15 heavy (non-hydrogen) atoms. The maximum absolute atomic E-state index is 9.94. The number of nitrogens with zero attached hydrogens (tertiary/aromatic N) is 3. The molecule has 1 unspecified atom stereocenters. The highest BCUT2D eigenvalue weighted by Gasteiger charge is 2.12. The first kappa shape index (κ1) is 9.86. The van der Waals surface area contributed by atoms with E-state index in [1.165, 1.54) is 0 Å². The minimum atomic E-state index is -0.549. The van der Waals surface area contributed by atoms with Gasteiger partial charge in [-0.15, -0.1) is 5.10 Å². The minimum Gasteiger partial charge on any atom is -0.386 e. The Balaban J connectivity index is 2.11. The fourth-order valence-electron chi connectivity index (χ4n) is 1.54. The van der Waals surface area contributed by atoms with Crippen molar-refractivity contribution in [2.75, 3.05) is 0 Å². The van der Waals surface area contributed by atoms with Crippen molar-refractivity contribution in [3.63, 3.8) is 0 Å². The van der Waals surface area contributed by atoms with Crippen molar-refractivity contribution in [2.45, 2.75) is 12.5 Å². The highest BCUT2D eigenvalue weighted by molar-refractivity contribution is 5.17. The summed E-state index contributed by atoms with van der Waals surface area (Å²) < 4.78 is 1.59. The summed E-state index contributed by atoms with van der Waals surface area (Å²) in [5.41, 5.74) is 1.84. The van der Waals surface area contributed by atoms with E-state index in [1.807, 2.05) is 30.3 Å². The van der Waals surface area contributed by atoms with Crippen LogP contribution in [0.5, 0.6) is 0 Å². The highest BCUT2D eigenvalue weighted by atomic mass is 16.3. The lowest BCUT2D eigenvalue weighted by atomic mass is 10.1. The molecule has 0 saturated heterocycles. The van der Waals surface area contributed by atoms with Crippen molar-refractivity contribution in [3.8, 4) is 0 Å². The van der Waals surface area contributed by atoms with Crippen LogP contribution in [-0.4, -0.2) is 20.1 Å². The van der Waals surface area contributed by atoms with Crippen LogP contribution in [0.15, 0.2) is 36.5 Å². The third kappa shape index (κ3) is 2.22. The van der Waals surface area contributed by atoms with Crippen LogP contribution in [-0.2, 0) is 13.5 Å². The molecule has 2 rings (SSSR count). The van der Waals surface area contributed by atoms with E-state index in [9.17, 15) is 5.11 Å². The zero-order valence-corrected chi connectivity index (χ0v) is 8.54. The van der Waals surface area contributed by atoms with E-state index in [-0.39, 0.29) is 0 Å². The largest absolute Gasteiger partial charge is 0.386 e. The molecule has 0 saturated carbocycles. The predicted molar refractivity (Wildman–Crippen MR) is 56.1 cm³/mol. The van der Waals surface area contributed by atoms with Gasteiger partial charge in [-0.2, -0.15) is 0 Å². The number of hydrogen-bond acceptors (Lipinski definition) is 3. The number of benzene rings is 1. The van der Waals surface area contributed by atoms with Gasteiger partial charge >= 0.3 is 0 Å². The first-order chi connectivity index (χ1) is 7.27. The molecule has 1 atom stereocenters. The second-order valence-electron chi connectivity index (χ2n) is 3.49. The van der Waals surface area contributed by atoms with E-state index in [0.29, 0.717) is 6.42 Å².